The molecule has 2 N–H and O–H groups in total. The standard InChI is InChI=1S/C13H22N4O/c1-13(2,14-3)11-8-15-9-17(11)7-6-12(18)16-10-4-5-10/h8-10,14H,4-7H2,1-3H3,(H,16,18). The topological polar surface area (TPSA) is 59.0 Å². The molecule has 1 aliphatic rings. The summed E-state index contributed by atoms with van der Waals surface area (Å²) in [6.45, 7) is 4.88. The van der Waals surface area contributed by atoms with E-state index in [2.05, 4.69) is 29.5 Å². The van der Waals surface area contributed by atoms with Crippen LogP contribution in [-0.4, -0.2) is 28.5 Å². The van der Waals surface area contributed by atoms with Crippen molar-refractivity contribution in [1.29, 1.82) is 0 Å². The van der Waals surface area contributed by atoms with Gasteiger partial charge in [0.25, 0.3) is 0 Å². The summed E-state index contributed by atoms with van der Waals surface area (Å²) in [7, 11) is 1.93. The van der Waals surface area contributed by atoms with Crippen molar-refractivity contribution in [3.63, 3.8) is 0 Å². The minimum Gasteiger partial charge on any atom is -0.353 e. The molecule has 0 radical (unpaired) electrons. The highest BCUT2D eigenvalue weighted by Gasteiger charge is 2.24. The number of aryl methyl sites for hydroxylation is 1. The highest BCUT2D eigenvalue weighted by Crippen LogP contribution is 2.20. The van der Waals surface area contributed by atoms with E-state index in [4.69, 9.17) is 0 Å². The highest BCUT2D eigenvalue weighted by atomic mass is 16.1. The zero-order chi connectivity index (χ0) is 13.2. The lowest BCUT2D eigenvalue weighted by molar-refractivity contribution is -0.121. The Morgan fingerprint density at radius 1 is 1.56 bits per heavy atom. The quantitative estimate of drug-likeness (QED) is 0.792. The summed E-state index contributed by atoms with van der Waals surface area (Å²) in [4.78, 5) is 15.8. The molecular weight excluding hydrogens is 228 g/mol. The molecule has 0 spiro atoms. The van der Waals surface area contributed by atoms with E-state index >= 15 is 0 Å². The molecule has 18 heavy (non-hydrogen) atoms. The number of nitrogens with zero attached hydrogens (tertiary/aromatic N) is 2. The second-order valence-corrected chi connectivity index (χ2v) is 5.44. The number of carbonyl (C=O) groups is 1. The van der Waals surface area contributed by atoms with Crippen LogP contribution >= 0.6 is 0 Å². The van der Waals surface area contributed by atoms with Crippen LogP contribution in [0.5, 0.6) is 0 Å². The van der Waals surface area contributed by atoms with Gasteiger partial charge in [0.2, 0.25) is 5.91 Å². The van der Waals surface area contributed by atoms with E-state index in [9.17, 15) is 4.79 Å². The molecule has 0 saturated heterocycles. The van der Waals surface area contributed by atoms with E-state index in [1.165, 1.54) is 0 Å². The van der Waals surface area contributed by atoms with E-state index in [1.807, 2.05) is 17.8 Å². The second-order valence-electron chi connectivity index (χ2n) is 5.44. The van der Waals surface area contributed by atoms with Crippen LogP contribution in [0.3, 0.4) is 0 Å². The molecule has 0 atom stereocenters. The maximum atomic E-state index is 11.7. The number of carbonyl (C=O) groups excluding carboxylic acids is 1. The Morgan fingerprint density at radius 3 is 2.89 bits per heavy atom. The van der Waals surface area contributed by atoms with Gasteiger partial charge in [-0.15, -0.1) is 0 Å². The summed E-state index contributed by atoms with van der Waals surface area (Å²) < 4.78 is 2.04. The van der Waals surface area contributed by atoms with E-state index in [-0.39, 0.29) is 11.4 Å². The second kappa shape index (κ2) is 5.10. The first-order chi connectivity index (χ1) is 8.53. The first kappa shape index (κ1) is 13.1. The number of amides is 1. The van der Waals surface area contributed by atoms with Crippen LogP contribution in [-0.2, 0) is 16.9 Å². The van der Waals surface area contributed by atoms with Crippen LogP contribution < -0.4 is 10.6 Å². The van der Waals surface area contributed by atoms with Crippen molar-refractivity contribution < 1.29 is 4.79 Å². The van der Waals surface area contributed by atoms with E-state index < -0.39 is 0 Å². The lowest BCUT2D eigenvalue weighted by Gasteiger charge is -2.25. The highest BCUT2D eigenvalue weighted by molar-refractivity contribution is 5.76. The lowest BCUT2D eigenvalue weighted by atomic mass is 10.0. The van der Waals surface area contributed by atoms with Gasteiger partial charge in [-0.25, -0.2) is 4.98 Å². The van der Waals surface area contributed by atoms with Gasteiger partial charge in [-0.3, -0.25) is 4.79 Å². The molecule has 0 bridgehead atoms. The number of imidazole rings is 1. The fourth-order valence-electron chi connectivity index (χ4n) is 1.90. The third-order valence-corrected chi connectivity index (χ3v) is 3.50. The van der Waals surface area contributed by atoms with Gasteiger partial charge in [0.1, 0.15) is 0 Å². The van der Waals surface area contributed by atoms with Crippen molar-refractivity contribution in [2.45, 2.75) is 51.2 Å². The van der Waals surface area contributed by atoms with Crippen LogP contribution in [0.15, 0.2) is 12.5 Å². The van der Waals surface area contributed by atoms with Crippen LogP contribution in [0.1, 0.15) is 38.8 Å². The zero-order valence-electron chi connectivity index (χ0n) is 11.4. The van der Waals surface area contributed by atoms with Crippen molar-refractivity contribution in [2.75, 3.05) is 7.05 Å². The fraction of sp³-hybridized carbons (Fsp3) is 0.692. The van der Waals surface area contributed by atoms with Gasteiger partial charge in [0, 0.05) is 25.2 Å². The van der Waals surface area contributed by atoms with Gasteiger partial charge in [-0.1, -0.05) is 0 Å². The molecular formula is C13H22N4O. The summed E-state index contributed by atoms with van der Waals surface area (Å²) in [5, 5.41) is 6.25. The van der Waals surface area contributed by atoms with Crippen molar-refractivity contribution in [1.82, 2.24) is 20.2 Å². The molecule has 0 aliphatic heterocycles. The van der Waals surface area contributed by atoms with Crippen LogP contribution in [0.2, 0.25) is 0 Å². The Labute approximate surface area is 108 Å². The Hall–Kier alpha value is -1.36. The lowest BCUT2D eigenvalue weighted by Crippen LogP contribution is -2.35. The van der Waals surface area contributed by atoms with Crippen LogP contribution in [0.4, 0.5) is 0 Å². The Kier molecular flexibility index (Phi) is 3.71. The number of aromatic nitrogens is 2. The van der Waals surface area contributed by atoms with E-state index in [0.717, 1.165) is 18.5 Å². The monoisotopic (exact) mass is 250 g/mol. The number of rotatable bonds is 6. The maximum absolute atomic E-state index is 11.7. The molecule has 1 aromatic heterocycles. The number of nitrogens with one attached hydrogen (secondary N) is 2. The third kappa shape index (κ3) is 3.10. The molecule has 2 rings (SSSR count). The predicted octanol–water partition coefficient (Wildman–Crippen LogP) is 1.01. The molecule has 1 heterocycles. The van der Waals surface area contributed by atoms with Crippen molar-refractivity contribution in [2.24, 2.45) is 0 Å². The SMILES string of the molecule is CNC(C)(C)c1cncn1CCC(=O)NC1CC1. The first-order valence-corrected chi connectivity index (χ1v) is 6.52. The van der Waals surface area contributed by atoms with Crippen LogP contribution in [0, 0.1) is 0 Å². The fourth-order valence-corrected chi connectivity index (χ4v) is 1.90. The average molecular weight is 250 g/mol. The van der Waals surface area contributed by atoms with Gasteiger partial charge in [0.15, 0.2) is 0 Å². The molecule has 0 aromatic carbocycles. The summed E-state index contributed by atoms with van der Waals surface area (Å²) in [6, 6.07) is 0.438. The molecule has 1 aliphatic carbocycles. The van der Waals surface area contributed by atoms with E-state index in [1.54, 1.807) is 6.33 Å². The van der Waals surface area contributed by atoms with Gasteiger partial charge < -0.3 is 15.2 Å². The zero-order valence-corrected chi connectivity index (χ0v) is 11.4. The molecule has 1 amide bonds. The van der Waals surface area contributed by atoms with Crippen molar-refractivity contribution in [3.05, 3.63) is 18.2 Å². The van der Waals surface area contributed by atoms with Gasteiger partial charge in [0.05, 0.1) is 17.6 Å². The van der Waals surface area contributed by atoms with Gasteiger partial charge >= 0.3 is 0 Å². The summed E-state index contributed by atoms with van der Waals surface area (Å²) in [6.07, 6.45) is 6.43. The molecule has 1 saturated carbocycles. The molecule has 5 heteroatoms. The molecule has 0 unspecified atom stereocenters. The number of hydrogen-bond acceptors (Lipinski definition) is 3. The van der Waals surface area contributed by atoms with Crippen molar-refractivity contribution in [3.8, 4) is 0 Å². The molecule has 5 nitrogen and oxygen atoms in total. The Morgan fingerprint density at radius 2 is 2.28 bits per heavy atom. The van der Waals surface area contributed by atoms with E-state index in [0.29, 0.717) is 19.0 Å². The largest absolute Gasteiger partial charge is 0.353 e. The normalized spacial score (nSPS) is 15.7. The summed E-state index contributed by atoms with van der Waals surface area (Å²) >= 11 is 0. The predicted molar refractivity (Wildman–Crippen MR) is 70.1 cm³/mol. The minimum atomic E-state index is -0.135. The summed E-state index contributed by atoms with van der Waals surface area (Å²) in [5.41, 5.74) is 0.966. The maximum Gasteiger partial charge on any atom is 0.222 e. The van der Waals surface area contributed by atoms with Crippen molar-refractivity contribution >= 4 is 5.91 Å². The summed E-state index contributed by atoms with van der Waals surface area (Å²) in [5.74, 6) is 0.138. The smallest absolute Gasteiger partial charge is 0.222 e. The average Bonchev–Trinajstić information content (AvgIpc) is 3.01. The van der Waals surface area contributed by atoms with Gasteiger partial charge in [-0.2, -0.15) is 0 Å². The minimum absolute atomic E-state index is 0.135. The molecule has 100 valence electrons. The molecule has 1 aromatic rings. The number of hydrogen-bond donors (Lipinski definition) is 2. The Balaban J connectivity index is 1.92. The first-order valence-electron chi connectivity index (χ1n) is 6.52. The third-order valence-electron chi connectivity index (χ3n) is 3.50. The Bertz CT molecular complexity index is 420. The van der Waals surface area contributed by atoms with Gasteiger partial charge in [-0.05, 0) is 33.7 Å². The molecule has 1 fully saturated rings. The van der Waals surface area contributed by atoms with Crippen LogP contribution in [0.25, 0.3) is 0 Å².